The lowest BCUT2D eigenvalue weighted by Gasteiger charge is -2.50. The summed E-state index contributed by atoms with van der Waals surface area (Å²) in [6.07, 6.45) is 16.3. The lowest BCUT2D eigenvalue weighted by molar-refractivity contribution is 0.159. The minimum absolute atomic E-state index is 0.0257. The minimum atomic E-state index is -0.127. The molecule has 260 valence electrons. The van der Waals surface area contributed by atoms with Gasteiger partial charge in [-0.05, 0) is 104 Å². The van der Waals surface area contributed by atoms with Gasteiger partial charge in [0.25, 0.3) is 0 Å². The first kappa shape index (κ1) is 34.0. The molecule has 0 saturated heterocycles. The summed E-state index contributed by atoms with van der Waals surface area (Å²) in [5.41, 5.74) is 11.5. The van der Waals surface area contributed by atoms with E-state index in [2.05, 4.69) is 187 Å². The maximum absolute atomic E-state index is 2.79. The number of hydrogen-bond acceptors (Lipinski definition) is 0. The Labute approximate surface area is 308 Å². The number of hydrogen-bond donors (Lipinski definition) is 0. The van der Waals surface area contributed by atoms with Crippen molar-refractivity contribution in [3.05, 3.63) is 179 Å². The van der Waals surface area contributed by atoms with Gasteiger partial charge in [0.2, 0.25) is 0 Å². The van der Waals surface area contributed by atoms with E-state index in [9.17, 15) is 0 Å². The molecule has 0 bridgehead atoms. The zero-order valence-corrected chi connectivity index (χ0v) is 31.6. The van der Waals surface area contributed by atoms with Gasteiger partial charge in [-0.15, -0.1) is 0 Å². The number of fused-ring (bicyclic) bond motifs is 3. The van der Waals surface area contributed by atoms with Crippen molar-refractivity contribution in [3.63, 3.8) is 0 Å². The van der Waals surface area contributed by atoms with Crippen LogP contribution in [-0.4, -0.2) is 0 Å². The van der Waals surface area contributed by atoms with Crippen LogP contribution in [0.3, 0.4) is 0 Å². The van der Waals surface area contributed by atoms with Crippen molar-refractivity contribution >= 4 is 11.1 Å². The summed E-state index contributed by atoms with van der Waals surface area (Å²) in [6.45, 7) is 14.5. The zero-order chi connectivity index (χ0) is 35.4. The predicted octanol–water partition coefficient (Wildman–Crippen LogP) is 13.4. The minimum Gasteiger partial charge on any atom is -0.0758 e. The Morgan fingerprint density at radius 2 is 0.765 bits per heavy atom. The first-order chi connectivity index (χ1) is 24.6. The molecule has 2 saturated carbocycles. The first-order valence-electron chi connectivity index (χ1n) is 19.7. The number of benzene rings is 4. The molecular formula is C51H56. The molecule has 4 atom stereocenters. The van der Waals surface area contributed by atoms with Crippen LogP contribution < -0.4 is 0 Å². The van der Waals surface area contributed by atoms with Crippen molar-refractivity contribution in [3.8, 4) is 0 Å². The summed E-state index contributed by atoms with van der Waals surface area (Å²) in [4.78, 5) is 0. The molecular weight excluding hydrogens is 613 g/mol. The van der Waals surface area contributed by atoms with E-state index in [1.54, 1.807) is 0 Å². The smallest absolute Gasteiger partial charge is 0.0270 e. The monoisotopic (exact) mass is 668 g/mol. The van der Waals surface area contributed by atoms with Gasteiger partial charge < -0.3 is 0 Å². The van der Waals surface area contributed by atoms with Crippen LogP contribution in [0.15, 0.2) is 157 Å². The van der Waals surface area contributed by atoms with Crippen LogP contribution in [0.2, 0.25) is 0 Å². The van der Waals surface area contributed by atoms with Crippen molar-refractivity contribution in [1.29, 1.82) is 0 Å². The van der Waals surface area contributed by atoms with Crippen LogP contribution in [-0.2, 0) is 5.41 Å². The normalized spacial score (nSPS) is 25.3. The van der Waals surface area contributed by atoms with E-state index >= 15 is 0 Å². The van der Waals surface area contributed by atoms with Crippen LogP contribution >= 0.6 is 0 Å². The van der Waals surface area contributed by atoms with Gasteiger partial charge in [0.1, 0.15) is 0 Å². The molecule has 4 aliphatic carbocycles. The summed E-state index contributed by atoms with van der Waals surface area (Å²) in [5, 5.41) is 0. The third-order valence-corrected chi connectivity index (χ3v) is 13.0. The van der Waals surface area contributed by atoms with E-state index in [1.807, 2.05) is 0 Å². The highest BCUT2D eigenvalue weighted by atomic mass is 14.6. The molecule has 8 rings (SSSR count). The maximum atomic E-state index is 2.79. The molecule has 0 spiro atoms. The van der Waals surface area contributed by atoms with Gasteiger partial charge in [-0.25, -0.2) is 0 Å². The Bertz CT molecular complexity index is 1820. The molecule has 0 nitrogen and oxygen atoms in total. The molecule has 0 aromatic heterocycles. The van der Waals surface area contributed by atoms with Crippen molar-refractivity contribution in [2.45, 2.75) is 72.6 Å². The number of rotatable bonds is 6. The number of allylic oxidation sites excluding steroid dienone is 8. The summed E-state index contributed by atoms with van der Waals surface area (Å²) in [7, 11) is 0. The standard InChI is InChI=1S/C51H56/c1-49(2,3)46-33-42-43-34-47(50(4,5)6)41(36-23-13-8-14-24-36)32-45(43)48(44(42)31-40(46)35-21-11-7-12-22-35)51(39-29-19-20-30-39,37-25-15-9-16-26-37)38-27-17-10-18-28-38/h7-18,21-28,31-34,39,42-45,48H,19-20,29-30H2,1-6H3. The van der Waals surface area contributed by atoms with Crippen LogP contribution in [0.4, 0.5) is 0 Å². The molecule has 4 unspecified atom stereocenters. The molecule has 4 aromatic carbocycles. The van der Waals surface area contributed by atoms with Gasteiger partial charge in [-0.3, -0.25) is 0 Å². The van der Waals surface area contributed by atoms with Crippen molar-refractivity contribution in [2.24, 2.45) is 46.3 Å². The molecule has 0 aliphatic heterocycles. The zero-order valence-electron chi connectivity index (χ0n) is 31.6. The second-order valence-electron chi connectivity index (χ2n) is 18.0. The highest BCUT2D eigenvalue weighted by molar-refractivity contribution is 5.84. The fraction of sp³-hybridized carbons (Fsp3) is 0.373. The van der Waals surface area contributed by atoms with Crippen LogP contribution in [0.1, 0.15) is 89.5 Å². The van der Waals surface area contributed by atoms with Gasteiger partial charge in [0.05, 0.1) is 0 Å². The molecule has 0 heteroatoms. The van der Waals surface area contributed by atoms with E-state index < -0.39 is 0 Å². The molecule has 4 aromatic rings. The second kappa shape index (κ2) is 13.1. The van der Waals surface area contributed by atoms with Crippen molar-refractivity contribution < 1.29 is 0 Å². The van der Waals surface area contributed by atoms with E-state index in [0.717, 1.165) is 0 Å². The molecule has 4 aliphatic rings. The fourth-order valence-electron chi connectivity index (χ4n) is 11.0. The molecule has 2 fully saturated rings. The van der Waals surface area contributed by atoms with Gasteiger partial charge in [-0.2, -0.15) is 0 Å². The largest absolute Gasteiger partial charge is 0.0758 e. The first-order valence-corrected chi connectivity index (χ1v) is 19.7. The van der Waals surface area contributed by atoms with Crippen molar-refractivity contribution in [1.82, 2.24) is 0 Å². The van der Waals surface area contributed by atoms with E-state index in [4.69, 9.17) is 0 Å². The molecule has 0 amide bonds. The SMILES string of the molecule is CC(C)(C)C1=CC2C3C=C(C(C)(C)C)C(c4ccccc4)=CC3C(C(c3ccccc3)(c3ccccc3)C3CCCC3)C2C=C1c1ccccc1. The highest BCUT2D eigenvalue weighted by Gasteiger charge is 2.61. The Hall–Kier alpha value is -4.16. The highest BCUT2D eigenvalue weighted by Crippen LogP contribution is 2.66. The van der Waals surface area contributed by atoms with Gasteiger partial charge in [0.15, 0.2) is 0 Å². The fourth-order valence-corrected chi connectivity index (χ4v) is 11.0. The summed E-state index contributed by atoms with van der Waals surface area (Å²) in [6, 6.07) is 46.1. The summed E-state index contributed by atoms with van der Waals surface area (Å²) in [5.74, 6) is 2.56. The molecule has 0 heterocycles. The van der Waals surface area contributed by atoms with Crippen LogP contribution in [0.5, 0.6) is 0 Å². The van der Waals surface area contributed by atoms with Crippen molar-refractivity contribution in [2.75, 3.05) is 0 Å². The third kappa shape index (κ3) is 5.84. The average Bonchev–Trinajstić information content (AvgIpc) is 3.79. The van der Waals surface area contributed by atoms with Gasteiger partial charge in [-0.1, -0.05) is 200 Å². The van der Waals surface area contributed by atoms with E-state index in [1.165, 1.54) is 70.2 Å². The Kier molecular flexibility index (Phi) is 8.73. The average molecular weight is 669 g/mol. The van der Waals surface area contributed by atoms with Crippen LogP contribution in [0.25, 0.3) is 11.1 Å². The lowest BCUT2D eigenvalue weighted by Crippen LogP contribution is -2.47. The van der Waals surface area contributed by atoms with Gasteiger partial charge in [0, 0.05) is 5.41 Å². The summed E-state index contributed by atoms with van der Waals surface area (Å²) >= 11 is 0. The topological polar surface area (TPSA) is 0 Å². The molecule has 51 heavy (non-hydrogen) atoms. The lowest BCUT2D eigenvalue weighted by atomic mass is 9.52. The van der Waals surface area contributed by atoms with Gasteiger partial charge >= 0.3 is 0 Å². The predicted molar refractivity (Wildman–Crippen MR) is 217 cm³/mol. The Morgan fingerprint density at radius 3 is 1.12 bits per heavy atom. The molecule has 0 N–H and O–H groups in total. The van der Waals surface area contributed by atoms with E-state index in [-0.39, 0.29) is 16.2 Å². The quantitative estimate of drug-likeness (QED) is 0.192. The van der Waals surface area contributed by atoms with Crippen LogP contribution in [0, 0.1) is 46.3 Å². The summed E-state index contributed by atoms with van der Waals surface area (Å²) < 4.78 is 0. The molecule has 0 radical (unpaired) electrons. The second-order valence-corrected chi connectivity index (χ2v) is 18.0. The van der Waals surface area contributed by atoms with E-state index in [0.29, 0.717) is 35.5 Å². The Balaban J connectivity index is 1.46. The Morgan fingerprint density at radius 1 is 0.412 bits per heavy atom. The maximum Gasteiger partial charge on any atom is 0.0270 e. The third-order valence-electron chi connectivity index (χ3n) is 13.0.